The topological polar surface area (TPSA) is 26.3 Å². The van der Waals surface area contributed by atoms with Crippen molar-refractivity contribution in [1.29, 1.82) is 0 Å². The molecule has 2 nitrogen and oxygen atoms in total. The van der Waals surface area contributed by atoms with Crippen LogP contribution < -0.4 is 0 Å². The second-order valence-corrected chi connectivity index (χ2v) is 3.15. The molecule has 0 saturated carbocycles. The third kappa shape index (κ3) is 4.42. The Bertz CT molecular complexity index is 126. The van der Waals surface area contributed by atoms with Gasteiger partial charge in [-0.3, -0.25) is 4.79 Å². The minimum absolute atomic E-state index is 0.0368. The molecule has 0 N–H and O–H groups in total. The van der Waals surface area contributed by atoms with Gasteiger partial charge in [-0.15, -0.1) is 0 Å². The Morgan fingerprint density at radius 2 is 2.00 bits per heavy atom. The molecule has 0 spiro atoms. The molecule has 0 aliphatic rings. The summed E-state index contributed by atoms with van der Waals surface area (Å²) >= 11 is 0. The fourth-order valence-corrected chi connectivity index (χ4v) is 1.35. The molecule has 0 aliphatic heterocycles. The molecule has 0 fully saturated rings. The molecule has 0 bridgehead atoms. The molecule has 0 heterocycles. The van der Waals surface area contributed by atoms with Crippen LogP contribution in [0.3, 0.4) is 0 Å². The summed E-state index contributed by atoms with van der Waals surface area (Å²) < 4.78 is 4.72. The maximum atomic E-state index is 11.2. The normalized spacial score (nSPS) is 12.5. The van der Waals surface area contributed by atoms with Gasteiger partial charge < -0.3 is 4.65 Å². The number of unbranched alkanes of at least 4 members (excludes halogenated alkanes) is 1. The maximum absolute atomic E-state index is 11.2. The first kappa shape index (κ1) is 11.5. The summed E-state index contributed by atoms with van der Waals surface area (Å²) in [6.07, 6.45) is 5.28. The molecule has 1 atom stereocenters. The largest absolute Gasteiger partial charge is 0.543 e. The minimum atomic E-state index is -0.0368. The van der Waals surface area contributed by atoms with Crippen LogP contribution in [0.4, 0.5) is 0 Å². The monoisotopic (exact) mass is 170 g/mol. The van der Waals surface area contributed by atoms with Gasteiger partial charge in [0.15, 0.2) is 0 Å². The van der Waals surface area contributed by atoms with E-state index in [-0.39, 0.29) is 11.9 Å². The van der Waals surface area contributed by atoms with E-state index in [0.717, 1.165) is 32.1 Å². The molecule has 0 amide bonds. The molecule has 0 radical (unpaired) electrons. The standard InChI is InChI=1S/C9H19BO2/c1-3-5-7-8(6-4-2)9(11)12-10/h8H,3-7,10H2,1-2H3. The Balaban J connectivity index is 3.76. The zero-order valence-electron chi connectivity index (χ0n) is 8.43. The highest BCUT2D eigenvalue weighted by atomic mass is 16.5. The van der Waals surface area contributed by atoms with Crippen molar-refractivity contribution in [2.75, 3.05) is 0 Å². The number of carbonyl (C=O) groups excluding carboxylic acids is 1. The van der Waals surface area contributed by atoms with Gasteiger partial charge in [-0.05, 0) is 12.8 Å². The van der Waals surface area contributed by atoms with Gasteiger partial charge in [-0.2, -0.15) is 0 Å². The number of carbonyl (C=O) groups is 1. The van der Waals surface area contributed by atoms with Crippen LogP contribution in [-0.2, 0) is 9.45 Å². The van der Waals surface area contributed by atoms with Crippen molar-refractivity contribution >= 4 is 14.0 Å². The maximum Gasteiger partial charge on any atom is 0.325 e. The number of hydrogen-bond acceptors (Lipinski definition) is 2. The van der Waals surface area contributed by atoms with Crippen molar-refractivity contribution in [2.45, 2.75) is 46.0 Å². The lowest BCUT2D eigenvalue weighted by Gasteiger charge is -2.12. The van der Waals surface area contributed by atoms with Crippen LogP contribution in [0.15, 0.2) is 0 Å². The van der Waals surface area contributed by atoms with Crippen molar-refractivity contribution in [3.63, 3.8) is 0 Å². The van der Waals surface area contributed by atoms with E-state index in [1.54, 1.807) is 0 Å². The average Bonchev–Trinajstić information content (AvgIpc) is 2.11. The van der Waals surface area contributed by atoms with Crippen molar-refractivity contribution in [2.24, 2.45) is 5.92 Å². The first-order valence-corrected chi connectivity index (χ1v) is 4.84. The molecule has 0 rings (SSSR count). The van der Waals surface area contributed by atoms with Gasteiger partial charge in [0.05, 0.1) is 5.92 Å². The van der Waals surface area contributed by atoms with Gasteiger partial charge >= 0.3 is 8.05 Å². The van der Waals surface area contributed by atoms with E-state index in [0.29, 0.717) is 0 Å². The van der Waals surface area contributed by atoms with E-state index in [4.69, 9.17) is 4.65 Å². The quantitative estimate of drug-likeness (QED) is 0.567. The smallest absolute Gasteiger partial charge is 0.325 e. The SMILES string of the molecule is BOC(=O)C(CCC)CCCC. The first-order chi connectivity index (χ1) is 5.76. The fraction of sp³-hybridized carbons (Fsp3) is 0.889. The Hall–Kier alpha value is -0.465. The van der Waals surface area contributed by atoms with Crippen LogP contribution in [0.1, 0.15) is 46.0 Å². The van der Waals surface area contributed by atoms with E-state index < -0.39 is 0 Å². The van der Waals surface area contributed by atoms with E-state index in [1.165, 1.54) is 8.05 Å². The summed E-state index contributed by atoms with van der Waals surface area (Å²) in [5.74, 6) is 0.102. The summed E-state index contributed by atoms with van der Waals surface area (Å²) in [6, 6.07) is 0. The Labute approximate surface area is 76.1 Å². The predicted molar refractivity (Wildman–Crippen MR) is 52.6 cm³/mol. The average molecular weight is 170 g/mol. The van der Waals surface area contributed by atoms with Gasteiger partial charge in [0, 0.05) is 0 Å². The highest BCUT2D eigenvalue weighted by Crippen LogP contribution is 2.15. The van der Waals surface area contributed by atoms with Gasteiger partial charge in [-0.1, -0.05) is 33.1 Å². The minimum Gasteiger partial charge on any atom is -0.543 e. The van der Waals surface area contributed by atoms with Crippen LogP contribution in [-0.4, -0.2) is 14.0 Å². The van der Waals surface area contributed by atoms with Crippen LogP contribution in [0.5, 0.6) is 0 Å². The Kier molecular flexibility index (Phi) is 6.92. The predicted octanol–water partition coefficient (Wildman–Crippen LogP) is 1.68. The summed E-state index contributed by atoms with van der Waals surface area (Å²) in [4.78, 5) is 11.2. The molecule has 70 valence electrons. The number of rotatable bonds is 6. The molecule has 0 aliphatic carbocycles. The van der Waals surface area contributed by atoms with E-state index in [1.807, 2.05) is 0 Å². The third-order valence-corrected chi connectivity index (χ3v) is 2.08. The lowest BCUT2D eigenvalue weighted by Crippen LogP contribution is -2.16. The van der Waals surface area contributed by atoms with Gasteiger partial charge in [0.25, 0.3) is 5.97 Å². The highest BCUT2D eigenvalue weighted by Gasteiger charge is 2.16. The van der Waals surface area contributed by atoms with Crippen molar-refractivity contribution in [3.8, 4) is 0 Å². The first-order valence-electron chi connectivity index (χ1n) is 4.84. The van der Waals surface area contributed by atoms with Gasteiger partial charge in [0.1, 0.15) is 0 Å². The summed E-state index contributed by atoms with van der Waals surface area (Å²) in [7, 11) is 1.47. The van der Waals surface area contributed by atoms with Crippen LogP contribution in [0, 0.1) is 5.92 Å². The summed E-state index contributed by atoms with van der Waals surface area (Å²) in [6.45, 7) is 4.24. The van der Waals surface area contributed by atoms with Crippen LogP contribution >= 0.6 is 0 Å². The molecule has 12 heavy (non-hydrogen) atoms. The lowest BCUT2D eigenvalue weighted by atomic mass is 9.97. The second-order valence-electron chi connectivity index (χ2n) is 3.15. The van der Waals surface area contributed by atoms with Crippen molar-refractivity contribution in [3.05, 3.63) is 0 Å². The zero-order chi connectivity index (χ0) is 9.40. The zero-order valence-corrected chi connectivity index (χ0v) is 8.43. The van der Waals surface area contributed by atoms with Gasteiger partial charge in [-0.25, -0.2) is 0 Å². The van der Waals surface area contributed by atoms with Crippen molar-refractivity contribution < 1.29 is 9.45 Å². The number of hydrogen-bond donors (Lipinski definition) is 0. The highest BCUT2D eigenvalue weighted by molar-refractivity contribution is 6.05. The molecule has 0 aromatic carbocycles. The molecule has 0 aromatic heterocycles. The fourth-order valence-electron chi connectivity index (χ4n) is 1.35. The second kappa shape index (κ2) is 7.20. The Morgan fingerprint density at radius 1 is 1.33 bits per heavy atom. The van der Waals surface area contributed by atoms with E-state index in [2.05, 4.69) is 13.8 Å². The molecular weight excluding hydrogens is 151 g/mol. The van der Waals surface area contributed by atoms with E-state index in [9.17, 15) is 4.79 Å². The Morgan fingerprint density at radius 3 is 2.42 bits per heavy atom. The van der Waals surface area contributed by atoms with E-state index >= 15 is 0 Å². The third-order valence-electron chi connectivity index (χ3n) is 2.08. The van der Waals surface area contributed by atoms with Gasteiger partial charge in [0.2, 0.25) is 0 Å². The lowest BCUT2D eigenvalue weighted by molar-refractivity contribution is -0.139. The molecule has 1 unspecified atom stereocenters. The molecule has 0 aromatic rings. The van der Waals surface area contributed by atoms with Crippen LogP contribution in [0.25, 0.3) is 0 Å². The van der Waals surface area contributed by atoms with Crippen molar-refractivity contribution in [1.82, 2.24) is 0 Å². The summed E-state index contributed by atoms with van der Waals surface area (Å²) in [5, 5.41) is 0. The molecule has 0 saturated heterocycles. The van der Waals surface area contributed by atoms with Crippen LogP contribution in [0.2, 0.25) is 0 Å². The summed E-state index contributed by atoms with van der Waals surface area (Å²) in [5.41, 5.74) is 0. The molecular formula is C9H19BO2. The molecule has 3 heteroatoms.